The SMILES string of the molecule is CC[C@H]1CN(CC2=CCc3c(N)ccnc32)C[C@@H]1O. The van der Waals surface area contributed by atoms with Crippen molar-refractivity contribution in [3.8, 4) is 0 Å². The zero-order valence-electron chi connectivity index (χ0n) is 11.3. The first-order valence-electron chi connectivity index (χ1n) is 7.02. The Balaban J connectivity index is 1.72. The van der Waals surface area contributed by atoms with Crippen molar-refractivity contribution in [3.63, 3.8) is 0 Å². The number of aliphatic hydroxyl groups excluding tert-OH is 1. The van der Waals surface area contributed by atoms with Crippen LogP contribution in [0.25, 0.3) is 5.57 Å². The molecule has 102 valence electrons. The number of pyridine rings is 1. The largest absolute Gasteiger partial charge is 0.398 e. The van der Waals surface area contributed by atoms with Gasteiger partial charge >= 0.3 is 0 Å². The minimum Gasteiger partial charge on any atom is -0.398 e. The number of anilines is 1. The number of β-amino-alcohol motifs (C(OH)–C–C–N with tert-alkyl or cyclic N) is 1. The van der Waals surface area contributed by atoms with Crippen molar-refractivity contribution in [1.82, 2.24) is 9.88 Å². The van der Waals surface area contributed by atoms with Crippen LogP contribution in [0.2, 0.25) is 0 Å². The van der Waals surface area contributed by atoms with E-state index >= 15 is 0 Å². The Kier molecular flexibility index (Phi) is 3.29. The lowest BCUT2D eigenvalue weighted by molar-refractivity contribution is 0.141. The summed E-state index contributed by atoms with van der Waals surface area (Å²) in [5, 5.41) is 9.98. The Morgan fingerprint density at radius 1 is 1.47 bits per heavy atom. The fraction of sp³-hybridized carbons (Fsp3) is 0.533. The number of fused-ring (bicyclic) bond motifs is 1. The summed E-state index contributed by atoms with van der Waals surface area (Å²) in [7, 11) is 0. The summed E-state index contributed by atoms with van der Waals surface area (Å²) in [6.07, 6.45) is 5.75. The molecule has 2 heterocycles. The number of aliphatic hydroxyl groups is 1. The van der Waals surface area contributed by atoms with Gasteiger partial charge in [0.15, 0.2) is 0 Å². The zero-order chi connectivity index (χ0) is 13.4. The quantitative estimate of drug-likeness (QED) is 0.859. The van der Waals surface area contributed by atoms with Crippen LogP contribution < -0.4 is 5.73 Å². The van der Waals surface area contributed by atoms with Gasteiger partial charge in [0.1, 0.15) is 0 Å². The second-order valence-corrected chi connectivity index (χ2v) is 5.59. The lowest BCUT2D eigenvalue weighted by atomic mass is 10.0. The molecule has 0 amide bonds. The van der Waals surface area contributed by atoms with Gasteiger partial charge < -0.3 is 10.8 Å². The standard InChI is InChI=1S/C15H21N3O/c1-2-10-7-18(9-14(10)19)8-11-3-4-12-13(16)5-6-17-15(11)12/h3,5-6,10,14,19H,2,4,7-9H2,1H3,(H2,16,17)/t10-,14-/m0/s1. The third kappa shape index (κ3) is 2.26. The Morgan fingerprint density at radius 3 is 3.05 bits per heavy atom. The molecule has 1 aromatic heterocycles. The van der Waals surface area contributed by atoms with E-state index < -0.39 is 0 Å². The molecular weight excluding hydrogens is 238 g/mol. The molecule has 0 unspecified atom stereocenters. The molecule has 1 aliphatic heterocycles. The smallest absolute Gasteiger partial charge is 0.0727 e. The summed E-state index contributed by atoms with van der Waals surface area (Å²) in [6, 6.07) is 1.86. The van der Waals surface area contributed by atoms with Crippen LogP contribution in [0, 0.1) is 5.92 Å². The molecule has 1 fully saturated rings. The highest BCUT2D eigenvalue weighted by Gasteiger charge is 2.31. The van der Waals surface area contributed by atoms with Gasteiger partial charge in [-0.1, -0.05) is 13.0 Å². The fourth-order valence-corrected chi connectivity index (χ4v) is 3.17. The normalized spacial score (nSPS) is 26.5. The Hall–Kier alpha value is -1.39. The molecule has 0 radical (unpaired) electrons. The van der Waals surface area contributed by atoms with Crippen LogP contribution in [0.5, 0.6) is 0 Å². The summed E-state index contributed by atoms with van der Waals surface area (Å²) < 4.78 is 0. The third-order valence-electron chi connectivity index (χ3n) is 4.35. The topological polar surface area (TPSA) is 62.4 Å². The number of aromatic nitrogens is 1. The molecule has 1 aromatic rings. The molecule has 1 saturated heterocycles. The minimum atomic E-state index is -0.180. The number of nitrogens with two attached hydrogens (primary N) is 1. The second kappa shape index (κ2) is 4.94. The van der Waals surface area contributed by atoms with Crippen LogP contribution in [0.3, 0.4) is 0 Å². The first-order chi connectivity index (χ1) is 9.19. The molecule has 3 N–H and O–H groups in total. The molecule has 0 bridgehead atoms. The molecule has 1 aliphatic carbocycles. The number of hydrogen-bond acceptors (Lipinski definition) is 4. The Bertz CT molecular complexity index is 512. The first kappa shape index (κ1) is 12.6. The van der Waals surface area contributed by atoms with Crippen LogP contribution in [0.1, 0.15) is 24.6 Å². The average Bonchev–Trinajstić information content (AvgIpc) is 2.95. The minimum absolute atomic E-state index is 0.180. The van der Waals surface area contributed by atoms with E-state index in [1.165, 1.54) is 5.57 Å². The number of allylic oxidation sites excluding steroid dienone is 1. The van der Waals surface area contributed by atoms with Gasteiger partial charge in [0.2, 0.25) is 0 Å². The van der Waals surface area contributed by atoms with Crippen LogP contribution in [0.4, 0.5) is 5.69 Å². The van der Waals surface area contributed by atoms with Crippen molar-refractivity contribution >= 4 is 11.3 Å². The van der Waals surface area contributed by atoms with E-state index in [4.69, 9.17) is 5.73 Å². The predicted octanol–water partition coefficient (Wildman–Crippen LogP) is 1.31. The summed E-state index contributed by atoms with van der Waals surface area (Å²) >= 11 is 0. The van der Waals surface area contributed by atoms with E-state index in [0.29, 0.717) is 5.92 Å². The second-order valence-electron chi connectivity index (χ2n) is 5.59. The summed E-state index contributed by atoms with van der Waals surface area (Å²) in [4.78, 5) is 6.79. The van der Waals surface area contributed by atoms with Gasteiger partial charge in [-0.3, -0.25) is 9.88 Å². The molecular formula is C15H21N3O. The summed E-state index contributed by atoms with van der Waals surface area (Å²) in [5.41, 5.74) is 10.3. The maximum absolute atomic E-state index is 9.98. The van der Waals surface area contributed by atoms with E-state index in [1.54, 1.807) is 6.20 Å². The van der Waals surface area contributed by atoms with Crippen LogP contribution >= 0.6 is 0 Å². The zero-order valence-corrected chi connectivity index (χ0v) is 11.3. The first-order valence-corrected chi connectivity index (χ1v) is 7.02. The number of hydrogen-bond donors (Lipinski definition) is 2. The van der Waals surface area contributed by atoms with Gasteiger partial charge in [-0.15, -0.1) is 0 Å². The molecule has 4 heteroatoms. The molecule has 0 aromatic carbocycles. The molecule has 4 nitrogen and oxygen atoms in total. The van der Waals surface area contributed by atoms with E-state index in [-0.39, 0.29) is 6.10 Å². The average molecular weight is 259 g/mol. The van der Waals surface area contributed by atoms with Gasteiger partial charge in [0.05, 0.1) is 11.8 Å². The Morgan fingerprint density at radius 2 is 2.32 bits per heavy atom. The molecule has 2 aliphatic rings. The number of likely N-dealkylation sites (tertiary alicyclic amines) is 1. The van der Waals surface area contributed by atoms with Crippen LogP contribution in [-0.4, -0.2) is 40.7 Å². The number of nitrogen functional groups attached to an aromatic ring is 1. The van der Waals surface area contributed by atoms with Gasteiger partial charge in [-0.05, 0) is 30.4 Å². The fourth-order valence-electron chi connectivity index (χ4n) is 3.17. The predicted molar refractivity (Wildman–Crippen MR) is 76.6 cm³/mol. The van der Waals surface area contributed by atoms with Crippen LogP contribution in [-0.2, 0) is 6.42 Å². The van der Waals surface area contributed by atoms with E-state index in [0.717, 1.165) is 49.4 Å². The van der Waals surface area contributed by atoms with Crippen LogP contribution in [0.15, 0.2) is 18.3 Å². The van der Waals surface area contributed by atoms with Gasteiger partial charge in [0.25, 0.3) is 0 Å². The van der Waals surface area contributed by atoms with Crippen molar-refractivity contribution in [1.29, 1.82) is 0 Å². The Labute approximate surface area is 113 Å². The van der Waals surface area contributed by atoms with Crippen molar-refractivity contribution in [3.05, 3.63) is 29.6 Å². The molecule has 0 spiro atoms. The molecule has 3 rings (SSSR count). The highest BCUT2D eigenvalue weighted by atomic mass is 16.3. The number of rotatable bonds is 3. The lowest BCUT2D eigenvalue weighted by Gasteiger charge is -2.16. The van der Waals surface area contributed by atoms with Gasteiger partial charge in [-0.25, -0.2) is 0 Å². The summed E-state index contributed by atoms with van der Waals surface area (Å²) in [6.45, 7) is 4.76. The van der Waals surface area contributed by atoms with E-state index in [2.05, 4.69) is 22.9 Å². The van der Waals surface area contributed by atoms with Crippen molar-refractivity contribution in [2.24, 2.45) is 5.92 Å². The van der Waals surface area contributed by atoms with Crippen molar-refractivity contribution < 1.29 is 5.11 Å². The molecule has 19 heavy (non-hydrogen) atoms. The monoisotopic (exact) mass is 259 g/mol. The van der Waals surface area contributed by atoms with E-state index in [9.17, 15) is 5.11 Å². The molecule has 0 saturated carbocycles. The lowest BCUT2D eigenvalue weighted by Crippen LogP contribution is -2.24. The summed E-state index contributed by atoms with van der Waals surface area (Å²) in [5.74, 6) is 0.412. The maximum atomic E-state index is 9.98. The molecule has 2 atom stereocenters. The number of nitrogens with zero attached hydrogens (tertiary/aromatic N) is 2. The maximum Gasteiger partial charge on any atom is 0.0727 e. The van der Waals surface area contributed by atoms with Crippen molar-refractivity contribution in [2.75, 3.05) is 25.4 Å². The third-order valence-corrected chi connectivity index (χ3v) is 4.35. The highest BCUT2D eigenvalue weighted by Crippen LogP contribution is 2.31. The van der Waals surface area contributed by atoms with Gasteiger partial charge in [0, 0.05) is 37.1 Å². The van der Waals surface area contributed by atoms with E-state index in [1.807, 2.05) is 6.07 Å². The highest BCUT2D eigenvalue weighted by molar-refractivity contribution is 5.75. The van der Waals surface area contributed by atoms with Gasteiger partial charge in [-0.2, -0.15) is 0 Å². The van der Waals surface area contributed by atoms with Crippen molar-refractivity contribution in [2.45, 2.75) is 25.9 Å².